The van der Waals surface area contributed by atoms with Crippen LogP contribution in [-0.2, 0) is 0 Å². The fourth-order valence-corrected chi connectivity index (χ4v) is 3.52. The van der Waals surface area contributed by atoms with Gasteiger partial charge in [0, 0.05) is 44.0 Å². The van der Waals surface area contributed by atoms with E-state index in [1.165, 1.54) is 42.9 Å². The van der Waals surface area contributed by atoms with Crippen LogP contribution in [0.15, 0.2) is 65.5 Å². The van der Waals surface area contributed by atoms with Crippen molar-refractivity contribution in [2.45, 2.75) is 0 Å². The molecule has 1 aliphatic rings. The zero-order valence-electron chi connectivity index (χ0n) is 16.9. The van der Waals surface area contributed by atoms with E-state index < -0.39 is 16.6 Å². The number of carbonyl (C=O) groups is 2. The maximum absolute atomic E-state index is 13.8. The Morgan fingerprint density at radius 1 is 1.03 bits per heavy atom. The molecule has 1 N–H and O–H groups in total. The SMILES string of the molecule is O=C(Nc1cc(F)ccc1C(=O)N1CCN(c2ccc([N+](=O)[O-])cc2)CC1)c1ccoc1. The van der Waals surface area contributed by atoms with E-state index in [0.29, 0.717) is 26.2 Å². The first kappa shape index (κ1) is 21.0. The van der Waals surface area contributed by atoms with Gasteiger partial charge in [-0.25, -0.2) is 4.39 Å². The monoisotopic (exact) mass is 438 g/mol. The number of furan rings is 1. The van der Waals surface area contributed by atoms with Crippen molar-refractivity contribution < 1.29 is 23.3 Å². The number of anilines is 2. The van der Waals surface area contributed by atoms with Crippen LogP contribution in [0.4, 0.5) is 21.5 Å². The van der Waals surface area contributed by atoms with Crippen LogP contribution in [0, 0.1) is 15.9 Å². The number of nitrogens with zero attached hydrogens (tertiary/aromatic N) is 3. The lowest BCUT2D eigenvalue weighted by atomic mass is 10.1. The minimum absolute atomic E-state index is 0.0175. The van der Waals surface area contributed by atoms with Gasteiger partial charge >= 0.3 is 0 Å². The second-order valence-corrected chi connectivity index (χ2v) is 7.21. The quantitative estimate of drug-likeness (QED) is 0.482. The molecule has 0 radical (unpaired) electrons. The molecule has 0 spiro atoms. The van der Waals surface area contributed by atoms with Crippen LogP contribution in [0.5, 0.6) is 0 Å². The molecular weight excluding hydrogens is 419 g/mol. The molecule has 10 heteroatoms. The van der Waals surface area contributed by atoms with Gasteiger partial charge in [0.2, 0.25) is 0 Å². The van der Waals surface area contributed by atoms with E-state index in [-0.39, 0.29) is 28.4 Å². The third-order valence-electron chi connectivity index (χ3n) is 5.24. The lowest BCUT2D eigenvalue weighted by Crippen LogP contribution is -2.49. The van der Waals surface area contributed by atoms with Crippen LogP contribution in [0.1, 0.15) is 20.7 Å². The number of piperazine rings is 1. The van der Waals surface area contributed by atoms with E-state index in [9.17, 15) is 24.1 Å². The van der Waals surface area contributed by atoms with Crippen LogP contribution in [0.2, 0.25) is 0 Å². The second-order valence-electron chi connectivity index (χ2n) is 7.21. The second kappa shape index (κ2) is 8.88. The molecular formula is C22H19FN4O5. The van der Waals surface area contributed by atoms with E-state index in [4.69, 9.17) is 4.42 Å². The van der Waals surface area contributed by atoms with E-state index >= 15 is 0 Å². The molecule has 1 saturated heterocycles. The molecule has 0 saturated carbocycles. The molecule has 164 valence electrons. The average molecular weight is 438 g/mol. The Hall–Kier alpha value is -4.21. The fraction of sp³-hybridized carbons (Fsp3) is 0.182. The first-order valence-electron chi connectivity index (χ1n) is 9.84. The van der Waals surface area contributed by atoms with Crippen molar-refractivity contribution in [3.8, 4) is 0 Å². The predicted molar refractivity (Wildman–Crippen MR) is 114 cm³/mol. The standard InChI is InChI=1S/C22H19FN4O5/c23-16-1-6-19(20(13-16)24-21(28)15-7-12-32-14-15)22(29)26-10-8-25(9-11-26)17-2-4-18(5-3-17)27(30)31/h1-7,12-14H,8-11H2,(H,24,28). The number of amides is 2. The Labute approximate surface area is 182 Å². The molecule has 3 aromatic rings. The molecule has 32 heavy (non-hydrogen) atoms. The third-order valence-corrected chi connectivity index (χ3v) is 5.24. The highest BCUT2D eigenvalue weighted by molar-refractivity contribution is 6.08. The Kier molecular flexibility index (Phi) is 5.84. The van der Waals surface area contributed by atoms with Gasteiger partial charge in [-0.1, -0.05) is 0 Å². The molecule has 4 rings (SSSR count). The fourth-order valence-electron chi connectivity index (χ4n) is 3.52. The molecule has 2 heterocycles. The Morgan fingerprint density at radius 3 is 2.38 bits per heavy atom. The van der Waals surface area contributed by atoms with Gasteiger partial charge in [-0.05, 0) is 36.4 Å². The van der Waals surface area contributed by atoms with Gasteiger partial charge in [0.15, 0.2) is 0 Å². The zero-order valence-corrected chi connectivity index (χ0v) is 16.9. The average Bonchev–Trinajstić information content (AvgIpc) is 3.34. The lowest BCUT2D eigenvalue weighted by molar-refractivity contribution is -0.384. The minimum Gasteiger partial charge on any atom is -0.472 e. The van der Waals surface area contributed by atoms with E-state index in [2.05, 4.69) is 5.32 Å². The number of rotatable bonds is 5. The van der Waals surface area contributed by atoms with E-state index in [1.54, 1.807) is 17.0 Å². The summed E-state index contributed by atoms with van der Waals surface area (Å²) in [5, 5.41) is 13.4. The molecule has 2 amide bonds. The Bertz CT molecular complexity index is 1140. The first-order valence-corrected chi connectivity index (χ1v) is 9.84. The normalized spacial score (nSPS) is 13.7. The maximum Gasteiger partial charge on any atom is 0.269 e. The van der Waals surface area contributed by atoms with Gasteiger partial charge in [-0.3, -0.25) is 19.7 Å². The number of nitrogens with one attached hydrogen (secondary N) is 1. The van der Waals surface area contributed by atoms with Crippen molar-refractivity contribution >= 4 is 28.9 Å². The summed E-state index contributed by atoms with van der Waals surface area (Å²) in [5.41, 5.74) is 1.37. The lowest BCUT2D eigenvalue weighted by Gasteiger charge is -2.36. The summed E-state index contributed by atoms with van der Waals surface area (Å²) < 4.78 is 18.7. The van der Waals surface area contributed by atoms with Crippen LogP contribution < -0.4 is 10.2 Å². The number of hydrogen-bond acceptors (Lipinski definition) is 6. The highest BCUT2D eigenvalue weighted by Gasteiger charge is 2.25. The van der Waals surface area contributed by atoms with Crippen LogP contribution in [0.3, 0.4) is 0 Å². The van der Waals surface area contributed by atoms with Crippen LogP contribution in [0.25, 0.3) is 0 Å². The summed E-state index contributed by atoms with van der Waals surface area (Å²) in [5.74, 6) is -1.41. The van der Waals surface area contributed by atoms with Crippen molar-refractivity contribution in [2.75, 3.05) is 36.4 Å². The smallest absolute Gasteiger partial charge is 0.269 e. The van der Waals surface area contributed by atoms with Gasteiger partial charge in [0.25, 0.3) is 17.5 Å². The number of halogens is 1. The summed E-state index contributed by atoms with van der Waals surface area (Å²) in [6, 6.07) is 11.4. The highest BCUT2D eigenvalue weighted by atomic mass is 19.1. The van der Waals surface area contributed by atoms with Crippen LogP contribution >= 0.6 is 0 Å². The van der Waals surface area contributed by atoms with Crippen LogP contribution in [-0.4, -0.2) is 47.8 Å². The molecule has 0 bridgehead atoms. The molecule has 2 aromatic carbocycles. The summed E-state index contributed by atoms with van der Waals surface area (Å²) in [7, 11) is 0. The number of benzene rings is 2. The van der Waals surface area contributed by atoms with Gasteiger partial charge in [-0.2, -0.15) is 0 Å². The number of hydrogen-bond donors (Lipinski definition) is 1. The Morgan fingerprint density at radius 2 is 1.75 bits per heavy atom. The van der Waals surface area contributed by atoms with Gasteiger partial charge < -0.3 is 19.5 Å². The number of carbonyl (C=O) groups excluding carboxylic acids is 2. The predicted octanol–water partition coefficient (Wildman–Crippen LogP) is 3.54. The highest BCUT2D eigenvalue weighted by Crippen LogP contribution is 2.24. The Balaban J connectivity index is 1.45. The number of non-ortho nitro benzene ring substituents is 1. The molecule has 1 aliphatic heterocycles. The molecule has 0 unspecified atom stereocenters. The van der Waals surface area contributed by atoms with Crippen molar-refractivity contribution in [1.29, 1.82) is 0 Å². The maximum atomic E-state index is 13.8. The topological polar surface area (TPSA) is 109 Å². The van der Waals surface area contributed by atoms with Crippen molar-refractivity contribution in [3.63, 3.8) is 0 Å². The number of nitro benzene ring substituents is 1. The summed E-state index contributed by atoms with van der Waals surface area (Å²) in [6.45, 7) is 1.87. The molecule has 0 atom stereocenters. The number of nitro groups is 1. The molecule has 9 nitrogen and oxygen atoms in total. The van der Waals surface area contributed by atoms with Crippen molar-refractivity contribution in [3.05, 3.63) is 88.1 Å². The molecule has 0 aliphatic carbocycles. The first-order chi connectivity index (χ1) is 15.4. The van der Waals surface area contributed by atoms with E-state index in [0.717, 1.165) is 11.8 Å². The van der Waals surface area contributed by atoms with Gasteiger partial charge in [0.1, 0.15) is 12.1 Å². The largest absolute Gasteiger partial charge is 0.472 e. The molecule has 1 fully saturated rings. The minimum atomic E-state index is -0.577. The molecule has 1 aromatic heterocycles. The van der Waals surface area contributed by atoms with Crippen molar-refractivity contribution in [2.24, 2.45) is 0 Å². The summed E-state index contributed by atoms with van der Waals surface area (Å²) >= 11 is 0. The van der Waals surface area contributed by atoms with Gasteiger partial charge in [0.05, 0.1) is 28.0 Å². The summed E-state index contributed by atoms with van der Waals surface area (Å²) in [6.07, 6.45) is 2.60. The zero-order chi connectivity index (χ0) is 22.7. The van der Waals surface area contributed by atoms with E-state index in [1.807, 2.05) is 4.90 Å². The summed E-state index contributed by atoms with van der Waals surface area (Å²) in [4.78, 5) is 39.5. The van der Waals surface area contributed by atoms with Crippen molar-refractivity contribution in [1.82, 2.24) is 4.90 Å². The third kappa shape index (κ3) is 4.43. The van der Waals surface area contributed by atoms with Gasteiger partial charge in [-0.15, -0.1) is 0 Å².